The van der Waals surface area contributed by atoms with Gasteiger partial charge >= 0.3 is 0 Å². The SMILES string of the molecule is CCN1CCN(c2ccccc2NC(=O)C23CC4CC(CC(Cl)(C4)C2)C3)CC1. The molecule has 0 aromatic heterocycles. The van der Waals surface area contributed by atoms with Crippen molar-refractivity contribution in [1.82, 2.24) is 4.90 Å². The molecule has 5 fully saturated rings. The van der Waals surface area contributed by atoms with Gasteiger partial charge in [0.05, 0.1) is 16.8 Å². The van der Waals surface area contributed by atoms with Gasteiger partial charge in [-0.2, -0.15) is 0 Å². The molecular formula is C23H32ClN3O. The Morgan fingerprint density at radius 1 is 1.11 bits per heavy atom. The topological polar surface area (TPSA) is 35.6 Å². The molecule has 2 unspecified atom stereocenters. The average molecular weight is 402 g/mol. The zero-order valence-corrected chi connectivity index (χ0v) is 17.7. The van der Waals surface area contributed by atoms with Crippen molar-refractivity contribution in [3.63, 3.8) is 0 Å². The summed E-state index contributed by atoms with van der Waals surface area (Å²) in [4.78, 5) is 18.3. The van der Waals surface area contributed by atoms with Gasteiger partial charge in [-0.05, 0) is 69.0 Å². The second-order valence-electron chi connectivity index (χ2n) is 9.78. The van der Waals surface area contributed by atoms with Crippen LogP contribution in [0, 0.1) is 17.3 Å². The monoisotopic (exact) mass is 401 g/mol. The Morgan fingerprint density at radius 2 is 1.79 bits per heavy atom. The van der Waals surface area contributed by atoms with E-state index in [0.29, 0.717) is 11.8 Å². The summed E-state index contributed by atoms with van der Waals surface area (Å²) in [5.74, 6) is 1.50. The number of carbonyl (C=O) groups is 1. The Kier molecular flexibility index (Phi) is 4.63. The van der Waals surface area contributed by atoms with Crippen molar-refractivity contribution < 1.29 is 4.79 Å². The molecule has 2 atom stereocenters. The van der Waals surface area contributed by atoms with E-state index in [2.05, 4.69) is 40.2 Å². The largest absolute Gasteiger partial charge is 0.367 e. The number of alkyl halides is 1. The van der Waals surface area contributed by atoms with Crippen LogP contribution in [0.3, 0.4) is 0 Å². The van der Waals surface area contributed by atoms with Crippen molar-refractivity contribution in [1.29, 1.82) is 0 Å². The molecule has 1 N–H and O–H groups in total. The van der Waals surface area contributed by atoms with Crippen LogP contribution in [-0.2, 0) is 4.79 Å². The molecule has 4 saturated carbocycles. The predicted molar refractivity (Wildman–Crippen MR) is 115 cm³/mol. The third-order valence-electron chi connectivity index (χ3n) is 7.78. The highest BCUT2D eigenvalue weighted by Gasteiger charge is 2.60. The molecule has 4 aliphatic carbocycles. The van der Waals surface area contributed by atoms with E-state index in [1.165, 1.54) is 6.42 Å². The molecule has 4 nitrogen and oxygen atoms in total. The van der Waals surface area contributed by atoms with Crippen molar-refractivity contribution >= 4 is 28.9 Å². The molecule has 0 radical (unpaired) electrons. The molecule has 1 aromatic carbocycles. The standard InChI is InChI=1S/C23H32ClN3O/c1-2-26-7-9-27(10-8-26)20-6-4-3-5-19(20)25-21(28)22-12-17-11-18(13-22)15-23(24,14-17)16-22/h3-6,17-18H,2,7-16H2,1H3,(H,25,28). The molecule has 5 aliphatic rings. The first-order valence-corrected chi connectivity index (χ1v) is 11.4. The maximum absolute atomic E-state index is 13.5. The Balaban J connectivity index is 1.35. The average Bonchev–Trinajstić information content (AvgIpc) is 2.66. The molecule has 152 valence electrons. The lowest BCUT2D eigenvalue weighted by molar-refractivity contribution is -0.138. The number of hydrogen-bond acceptors (Lipinski definition) is 3. The molecule has 0 spiro atoms. The Morgan fingerprint density at radius 3 is 2.43 bits per heavy atom. The van der Waals surface area contributed by atoms with E-state index < -0.39 is 0 Å². The quantitative estimate of drug-likeness (QED) is 0.762. The lowest BCUT2D eigenvalue weighted by Crippen LogP contribution is -2.57. The number of anilines is 2. The Labute approximate surface area is 173 Å². The molecular weight excluding hydrogens is 370 g/mol. The van der Waals surface area contributed by atoms with Gasteiger partial charge in [0.2, 0.25) is 5.91 Å². The van der Waals surface area contributed by atoms with Crippen molar-refractivity contribution in [3.8, 4) is 0 Å². The molecule has 1 aliphatic heterocycles. The number of hydrogen-bond donors (Lipinski definition) is 1. The molecule has 4 bridgehead atoms. The number of likely N-dealkylation sites (N-methyl/N-ethyl adjacent to an activating group) is 1. The highest BCUT2D eigenvalue weighted by atomic mass is 35.5. The number of halogens is 1. The molecule has 28 heavy (non-hydrogen) atoms. The normalized spacial score (nSPS) is 37.3. The van der Waals surface area contributed by atoms with E-state index >= 15 is 0 Å². The first kappa shape index (κ1) is 18.7. The minimum Gasteiger partial charge on any atom is -0.367 e. The van der Waals surface area contributed by atoms with Gasteiger partial charge in [0.25, 0.3) is 0 Å². The number of nitrogens with one attached hydrogen (secondary N) is 1. The second kappa shape index (κ2) is 6.91. The van der Waals surface area contributed by atoms with Gasteiger partial charge < -0.3 is 15.1 Å². The first-order valence-electron chi connectivity index (χ1n) is 11.1. The summed E-state index contributed by atoms with van der Waals surface area (Å²) in [5, 5.41) is 3.35. The number of benzene rings is 1. The zero-order valence-electron chi connectivity index (χ0n) is 16.9. The summed E-state index contributed by atoms with van der Waals surface area (Å²) in [5.41, 5.74) is 1.88. The Bertz CT molecular complexity index is 744. The van der Waals surface area contributed by atoms with E-state index in [1.54, 1.807) is 0 Å². The van der Waals surface area contributed by atoms with E-state index in [9.17, 15) is 4.79 Å². The minimum atomic E-state index is -0.250. The lowest BCUT2D eigenvalue weighted by Gasteiger charge is -2.59. The van der Waals surface area contributed by atoms with Crippen LogP contribution >= 0.6 is 11.6 Å². The summed E-state index contributed by atoms with van der Waals surface area (Å²) in [6.45, 7) is 7.53. The van der Waals surface area contributed by atoms with Crippen LogP contribution in [0.2, 0.25) is 0 Å². The van der Waals surface area contributed by atoms with Gasteiger partial charge in [-0.15, -0.1) is 11.6 Å². The number of piperazine rings is 1. The fourth-order valence-electron chi connectivity index (χ4n) is 6.83. The van der Waals surface area contributed by atoms with E-state index in [-0.39, 0.29) is 16.2 Å². The van der Waals surface area contributed by atoms with Crippen LogP contribution < -0.4 is 10.2 Å². The number of nitrogens with zero attached hydrogens (tertiary/aromatic N) is 2. The molecule has 1 aromatic rings. The van der Waals surface area contributed by atoms with Gasteiger partial charge in [-0.25, -0.2) is 0 Å². The maximum atomic E-state index is 13.5. The van der Waals surface area contributed by atoms with E-state index in [1.807, 2.05) is 6.07 Å². The van der Waals surface area contributed by atoms with Crippen molar-refractivity contribution in [2.45, 2.75) is 50.3 Å². The second-order valence-corrected chi connectivity index (χ2v) is 10.6. The van der Waals surface area contributed by atoms with E-state index in [0.717, 1.165) is 76.2 Å². The predicted octanol–water partition coefficient (Wildman–Crippen LogP) is 4.34. The Hall–Kier alpha value is -1.26. The number of rotatable bonds is 4. The molecule has 1 amide bonds. The smallest absolute Gasteiger partial charge is 0.230 e. The maximum Gasteiger partial charge on any atom is 0.230 e. The van der Waals surface area contributed by atoms with E-state index in [4.69, 9.17) is 11.6 Å². The zero-order chi connectivity index (χ0) is 19.4. The van der Waals surface area contributed by atoms with Gasteiger partial charge in [-0.3, -0.25) is 4.79 Å². The fourth-order valence-corrected chi connectivity index (χ4v) is 7.52. The molecule has 6 rings (SSSR count). The van der Waals surface area contributed by atoms with Crippen molar-refractivity contribution in [2.75, 3.05) is 42.9 Å². The minimum absolute atomic E-state index is 0.128. The number of carbonyl (C=O) groups excluding carboxylic acids is 1. The number of amides is 1. The summed E-state index contributed by atoms with van der Waals surface area (Å²) < 4.78 is 0. The van der Waals surface area contributed by atoms with Crippen molar-refractivity contribution in [2.24, 2.45) is 17.3 Å². The summed E-state index contributed by atoms with van der Waals surface area (Å²) in [6.07, 6.45) is 6.42. The van der Waals surface area contributed by atoms with Crippen LogP contribution in [0.15, 0.2) is 24.3 Å². The summed E-state index contributed by atoms with van der Waals surface area (Å²) in [7, 11) is 0. The van der Waals surface area contributed by atoms with Gasteiger partial charge in [0.15, 0.2) is 0 Å². The first-order chi connectivity index (χ1) is 13.5. The van der Waals surface area contributed by atoms with Crippen LogP contribution in [0.1, 0.15) is 45.4 Å². The van der Waals surface area contributed by atoms with Crippen LogP contribution in [0.25, 0.3) is 0 Å². The van der Waals surface area contributed by atoms with Crippen LogP contribution in [-0.4, -0.2) is 48.4 Å². The molecule has 1 saturated heterocycles. The number of para-hydroxylation sites is 2. The van der Waals surface area contributed by atoms with Crippen molar-refractivity contribution in [3.05, 3.63) is 24.3 Å². The fraction of sp³-hybridized carbons (Fsp3) is 0.696. The molecule has 5 heteroatoms. The summed E-state index contributed by atoms with van der Waals surface area (Å²) >= 11 is 6.96. The molecule has 1 heterocycles. The third-order valence-corrected chi connectivity index (χ3v) is 8.23. The van der Waals surface area contributed by atoms with Gasteiger partial charge in [0, 0.05) is 31.1 Å². The van der Waals surface area contributed by atoms with Gasteiger partial charge in [0.1, 0.15) is 0 Å². The lowest BCUT2D eigenvalue weighted by atomic mass is 9.49. The summed E-state index contributed by atoms with van der Waals surface area (Å²) in [6, 6.07) is 8.33. The van der Waals surface area contributed by atoms with Crippen LogP contribution in [0.5, 0.6) is 0 Å². The van der Waals surface area contributed by atoms with Gasteiger partial charge in [-0.1, -0.05) is 19.1 Å². The third kappa shape index (κ3) is 3.23. The highest BCUT2D eigenvalue weighted by Crippen LogP contribution is 2.64. The van der Waals surface area contributed by atoms with Crippen LogP contribution in [0.4, 0.5) is 11.4 Å². The highest BCUT2D eigenvalue weighted by molar-refractivity contribution is 6.24.